The quantitative estimate of drug-likeness (QED) is 0.817. The van der Waals surface area contributed by atoms with Crippen LogP contribution < -0.4 is 10.6 Å². The molecule has 0 aliphatic rings. The number of pyridine rings is 1. The van der Waals surface area contributed by atoms with Crippen LogP contribution in [-0.4, -0.2) is 17.9 Å². The van der Waals surface area contributed by atoms with E-state index in [9.17, 15) is 9.18 Å². The van der Waals surface area contributed by atoms with E-state index in [0.717, 1.165) is 0 Å². The van der Waals surface area contributed by atoms with Crippen molar-refractivity contribution in [1.82, 2.24) is 4.98 Å². The molecule has 7 heteroatoms. The van der Waals surface area contributed by atoms with Gasteiger partial charge in [-0.15, -0.1) is 0 Å². The third kappa shape index (κ3) is 3.46. The lowest BCUT2D eigenvalue weighted by atomic mass is 10.2. The number of hydrogen-bond donors (Lipinski definition) is 2. The average molecular weight is 359 g/mol. The van der Waals surface area contributed by atoms with Gasteiger partial charge in [0.05, 0.1) is 5.69 Å². The zero-order chi connectivity index (χ0) is 14.7. The number of anilines is 2. The first-order chi connectivity index (χ1) is 9.49. The normalized spacial score (nSPS) is 10.2. The monoisotopic (exact) mass is 357 g/mol. The second kappa shape index (κ2) is 6.19. The van der Waals surface area contributed by atoms with E-state index in [0.29, 0.717) is 21.5 Å². The summed E-state index contributed by atoms with van der Waals surface area (Å²) in [6.45, 7) is 0. The van der Waals surface area contributed by atoms with Crippen LogP contribution in [0.4, 0.5) is 15.9 Å². The van der Waals surface area contributed by atoms with E-state index < -0.39 is 11.7 Å². The number of hydrogen-bond acceptors (Lipinski definition) is 3. The summed E-state index contributed by atoms with van der Waals surface area (Å²) in [4.78, 5) is 16.1. The molecule has 0 saturated heterocycles. The first-order valence-corrected chi connectivity index (χ1v) is 6.78. The van der Waals surface area contributed by atoms with Gasteiger partial charge >= 0.3 is 0 Å². The van der Waals surface area contributed by atoms with Crippen LogP contribution in [0.5, 0.6) is 0 Å². The zero-order valence-electron chi connectivity index (χ0n) is 10.4. The van der Waals surface area contributed by atoms with Gasteiger partial charge in [0.15, 0.2) is 0 Å². The molecule has 2 rings (SSSR count). The SMILES string of the molecule is CNc1cc(C(=O)Nc2cc(F)ccc2Br)cc(Cl)n1. The van der Waals surface area contributed by atoms with Crippen molar-refractivity contribution in [3.05, 3.63) is 51.3 Å². The smallest absolute Gasteiger partial charge is 0.255 e. The largest absolute Gasteiger partial charge is 0.373 e. The molecule has 0 fully saturated rings. The van der Waals surface area contributed by atoms with Gasteiger partial charge in [0.25, 0.3) is 5.91 Å². The summed E-state index contributed by atoms with van der Waals surface area (Å²) in [5, 5.41) is 5.60. The Balaban J connectivity index is 2.28. The summed E-state index contributed by atoms with van der Waals surface area (Å²) >= 11 is 9.07. The van der Waals surface area contributed by atoms with Crippen LogP contribution in [0.3, 0.4) is 0 Å². The molecule has 0 radical (unpaired) electrons. The molecule has 1 heterocycles. The number of halogens is 3. The summed E-state index contributed by atoms with van der Waals surface area (Å²) in [6, 6.07) is 7.02. The van der Waals surface area contributed by atoms with E-state index in [-0.39, 0.29) is 5.15 Å². The number of carbonyl (C=O) groups excluding carboxylic acids is 1. The Labute approximate surface area is 128 Å². The molecule has 0 unspecified atom stereocenters. The van der Waals surface area contributed by atoms with Gasteiger partial charge in [-0.1, -0.05) is 11.6 Å². The topological polar surface area (TPSA) is 54.0 Å². The first-order valence-electron chi connectivity index (χ1n) is 5.61. The summed E-state index contributed by atoms with van der Waals surface area (Å²) < 4.78 is 13.8. The fraction of sp³-hybridized carbons (Fsp3) is 0.0769. The number of amides is 1. The van der Waals surface area contributed by atoms with Crippen LogP contribution in [-0.2, 0) is 0 Å². The third-order valence-corrected chi connectivity index (χ3v) is 3.37. The summed E-state index contributed by atoms with van der Waals surface area (Å²) in [5.41, 5.74) is 0.666. The molecule has 0 atom stereocenters. The fourth-order valence-electron chi connectivity index (χ4n) is 1.54. The molecule has 0 saturated carbocycles. The van der Waals surface area contributed by atoms with Crippen molar-refractivity contribution in [3.8, 4) is 0 Å². The average Bonchev–Trinajstić information content (AvgIpc) is 2.42. The lowest BCUT2D eigenvalue weighted by Crippen LogP contribution is -2.13. The van der Waals surface area contributed by atoms with Crippen molar-refractivity contribution < 1.29 is 9.18 Å². The second-order valence-electron chi connectivity index (χ2n) is 3.89. The maximum absolute atomic E-state index is 13.2. The Morgan fingerprint density at radius 1 is 1.35 bits per heavy atom. The Morgan fingerprint density at radius 3 is 2.80 bits per heavy atom. The second-order valence-corrected chi connectivity index (χ2v) is 5.13. The van der Waals surface area contributed by atoms with Crippen LogP contribution in [0.2, 0.25) is 5.15 Å². The van der Waals surface area contributed by atoms with Crippen LogP contribution in [0.1, 0.15) is 10.4 Å². The highest BCUT2D eigenvalue weighted by atomic mass is 79.9. The molecular weight excluding hydrogens is 349 g/mol. The van der Waals surface area contributed by atoms with Crippen LogP contribution in [0.25, 0.3) is 0 Å². The lowest BCUT2D eigenvalue weighted by molar-refractivity contribution is 0.102. The number of nitrogens with one attached hydrogen (secondary N) is 2. The predicted octanol–water partition coefficient (Wildman–Crippen LogP) is 3.93. The molecule has 20 heavy (non-hydrogen) atoms. The minimum absolute atomic E-state index is 0.195. The van der Waals surface area contributed by atoms with Crippen molar-refractivity contribution in [2.75, 3.05) is 17.7 Å². The molecule has 1 aromatic carbocycles. The molecule has 1 amide bonds. The van der Waals surface area contributed by atoms with E-state index in [1.165, 1.54) is 24.3 Å². The molecule has 2 N–H and O–H groups in total. The van der Waals surface area contributed by atoms with Crippen LogP contribution >= 0.6 is 27.5 Å². The molecule has 0 spiro atoms. The molecule has 0 bridgehead atoms. The predicted molar refractivity (Wildman–Crippen MR) is 80.8 cm³/mol. The van der Waals surface area contributed by atoms with Crippen molar-refractivity contribution in [2.45, 2.75) is 0 Å². The van der Waals surface area contributed by atoms with Crippen molar-refractivity contribution in [1.29, 1.82) is 0 Å². The highest BCUT2D eigenvalue weighted by Gasteiger charge is 2.11. The number of carbonyl (C=O) groups is 1. The maximum Gasteiger partial charge on any atom is 0.255 e. The Bertz CT molecular complexity index is 666. The molecule has 4 nitrogen and oxygen atoms in total. The Hall–Kier alpha value is -1.66. The van der Waals surface area contributed by atoms with Crippen molar-refractivity contribution >= 4 is 44.9 Å². The van der Waals surface area contributed by atoms with E-state index >= 15 is 0 Å². The van der Waals surface area contributed by atoms with Gasteiger partial charge in [0, 0.05) is 17.1 Å². The molecule has 2 aromatic rings. The molecule has 1 aromatic heterocycles. The van der Waals surface area contributed by atoms with E-state index in [2.05, 4.69) is 31.5 Å². The zero-order valence-corrected chi connectivity index (χ0v) is 12.7. The molecule has 104 valence electrons. The minimum Gasteiger partial charge on any atom is -0.373 e. The van der Waals surface area contributed by atoms with Crippen LogP contribution in [0.15, 0.2) is 34.8 Å². The summed E-state index contributed by atoms with van der Waals surface area (Å²) in [5.74, 6) is -0.370. The Kier molecular flexibility index (Phi) is 4.57. The van der Waals surface area contributed by atoms with Crippen LogP contribution in [0, 0.1) is 5.82 Å². The van der Waals surface area contributed by atoms with Gasteiger partial charge in [0.2, 0.25) is 0 Å². The number of nitrogens with zero attached hydrogens (tertiary/aromatic N) is 1. The fourth-order valence-corrected chi connectivity index (χ4v) is 2.10. The highest BCUT2D eigenvalue weighted by molar-refractivity contribution is 9.10. The van der Waals surface area contributed by atoms with E-state index in [1.54, 1.807) is 13.1 Å². The van der Waals surface area contributed by atoms with Gasteiger partial charge in [-0.25, -0.2) is 9.37 Å². The molecular formula is C13H10BrClFN3O. The van der Waals surface area contributed by atoms with Gasteiger partial charge in [-0.2, -0.15) is 0 Å². The van der Waals surface area contributed by atoms with Crippen molar-refractivity contribution in [2.24, 2.45) is 0 Å². The summed E-state index contributed by atoms with van der Waals surface area (Å²) in [6.07, 6.45) is 0. The van der Waals surface area contributed by atoms with Gasteiger partial charge in [-0.3, -0.25) is 4.79 Å². The van der Waals surface area contributed by atoms with Gasteiger partial charge < -0.3 is 10.6 Å². The number of rotatable bonds is 3. The first kappa shape index (κ1) is 14.7. The number of benzene rings is 1. The van der Waals surface area contributed by atoms with Crippen molar-refractivity contribution in [3.63, 3.8) is 0 Å². The van der Waals surface area contributed by atoms with E-state index in [4.69, 9.17) is 11.6 Å². The standard InChI is InChI=1S/C13H10BrClFN3O/c1-17-12-5-7(4-11(15)19-12)13(20)18-10-6-8(16)2-3-9(10)14/h2-6H,1H3,(H,17,19)(H,18,20). The van der Waals surface area contributed by atoms with E-state index in [1.807, 2.05) is 0 Å². The third-order valence-electron chi connectivity index (χ3n) is 2.49. The highest BCUT2D eigenvalue weighted by Crippen LogP contribution is 2.24. The summed E-state index contributed by atoms with van der Waals surface area (Å²) in [7, 11) is 1.67. The Morgan fingerprint density at radius 2 is 2.10 bits per heavy atom. The lowest BCUT2D eigenvalue weighted by Gasteiger charge is -2.09. The van der Waals surface area contributed by atoms with Gasteiger partial charge in [0.1, 0.15) is 16.8 Å². The number of aromatic nitrogens is 1. The minimum atomic E-state index is -0.438. The molecule has 0 aliphatic heterocycles. The van der Waals surface area contributed by atoms with Gasteiger partial charge in [-0.05, 0) is 46.3 Å². The molecule has 0 aliphatic carbocycles. The maximum atomic E-state index is 13.2.